The molecule has 1 N–H and O–H groups in total. The molecule has 0 saturated heterocycles. The Morgan fingerprint density at radius 3 is 2.48 bits per heavy atom. The summed E-state index contributed by atoms with van der Waals surface area (Å²) in [6.07, 6.45) is 4.02. The van der Waals surface area contributed by atoms with Crippen molar-refractivity contribution in [1.29, 1.82) is 0 Å². The molecule has 0 fully saturated rings. The van der Waals surface area contributed by atoms with Crippen LogP contribution in [0.15, 0.2) is 42.5 Å². The Balaban J connectivity index is 1.80. The summed E-state index contributed by atoms with van der Waals surface area (Å²) in [6, 6.07) is 13.6. The lowest BCUT2D eigenvalue weighted by molar-refractivity contribution is -0.120. The first-order chi connectivity index (χ1) is 12.7. The van der Waals surface area contributed by atoms with Crippen LogP contribution in [0, 0.1) is 13.8 Å². The van der Waals surface area contributed by atoms with Crippen molar-refractivity contribution in [2.45, 2.75) is 39.2 Å². The highest BCUT2D eigenvalue weighted by Crippen LogP contribution is 2.29. The Labute approximate surface area is 161 Å². The fourth-order valence-electron chi connectivity index (χ4n) is 3.77. The van der Waals surface area contributed by atoms with E-state index < -0.39 is 10.0 Å². The van der Waals surface area contributed by atoms with Gasteiger partial charge in [-0.2, -0.15) is 0 Å². The van der Waals surface area contributed by atoms with Gasteiger partial charge in [-0.05, 0) is 67.5 Å². The molecule has 0 spiro atoms. The van der Waals surface area contributed by atoms with E-state index in [-0.39, 0.29) is 18.5 Å². The zero-order valence-corrected chi connectivity index (χ0v) is 16.8. The molecule has 0 aromatic heterocycles. The van der Waals surface area contributed by atoms with Crippen LogP contribution in [-0.4, -0.2) is 27.1 Å². The molecule has 3 rings (SSSR count). The largest absolute Gasteiger partial charge is 0.348 e. The van der Waals surface area contributed by atoms with E-state index >= 15 is 0 Å². The van der Waals surface area contributed by atoms with E-state index in [1.165, 1.54) is 9.87 Å². The average molecular weight is 387 g/mol. The quantitative estimate of drug-likeness (QED) is 0.858. The average Bonchev–Trinajstić information content (AvgIpc) is 2.58. The van der Waals surface area contributed by atoms with Crippen molar-refractivity contribution >= 4 is 21.6 Å². The molecule has 1 aliphatic rings. The number of fused-ring (bicyclic) bond motifs is 1. The van der Waals surface area contributed by atoms with E-state index in [0.717, 1.165) is 42.2 Å². The van der Waals surface area contributed by atoms with Gasteiger partial charge in [-0.15, -0.1) is 0 Å². The minimum absolute atomic E-state index is 0.0666. The predicted molar refractivity (Wildman–Crippen MR) is 108 cm³/mol. The van der Waals surface area contributed by atoms with Crippen molar-refractivity contribution in [3.8, 4) is 0 Å². The molecule has 0 unspecified atom stereocenters. The van der Waals surface area contributed by atoms with Gasteiger partial charge in [0.1, 0.15) is 6.54 Å². The zero-order chi connectivity index (χ0) is 19.6. The van der Waals surface area contributed by atoms with Gasteiger partial charge >= 0.3 is 0 Å². The number of carbonyl (C=O) groups excluding carboxylic acids is 1. The third kappa shape index (κ3) is 4.69. The predicted octanol–water partition coefficient (Wildman–Crippen LogP) is 3.26. The van der Waals surface area contributed by atoms with Crippen LogP contribution in [0.25, 0.3) is 0 Å². The van der Waals surface area contributed by atoms with Gasteiger partial charge in [-0.1, -0.05) is 30.3 Å². The van der Waals surface area contributed by atoms with Crippen LogP contribution in [0.1, 0.15) is 41.1 Å². The first kappa shape index (κ1) is 19.4. The summed E-state index contributed by atoms with van der Waals surface area (Å²) in [6.45, 7) is 3.60. The first-order valence-electron chi connectivity index (χ1n) is 9.17. The maximum atomic E-state index is 12.7. The van der Waals surface area contributed by atoms with Crippen molar-refractivity contribution in [2.75, 3.05) is 17.1 Å². The highest BCUT2D eigenvalue weighted by Gasteiger charge is 2.25. The van der Waals surface area contributed by atoms with Gasteiger partial charge in [0.2, 0.25) is 15.9 Å². The van der Waals surface area contributed by atoms with Crippen molar-refractivity contribution in [3.05, 3.63) is 64.7 Å². The molecule has 0 heterocycles. The van der Waals surface area contributed by atoms with Crippen LogP contribution >= 0.6 is 0 Å². The Bertz CT molecular complexity index is 933. The summed E-state index contributed by atoms with van der Waals surface area (Å²) in [5, 5.41) is 3.03. The van der Waals surface area contributed by atoms with Crippen molar-refractivity contribution in [3.63, 3.8) is 0 Å². The highest BCUT2D eigenvalue weighted by atomic mass is 32.2. The van der Waals surface area contributed by atoms with E-state index in [2.05, 4.69) is 11.4 Å². The van der Waals surface area contributed by atoms with Crippen molar-refractivity contribution < 1.29 is 13.2 Å². The fourth-order valence-corrected chi connectivity index (χ4v) is 4.61. The zero-order valence-electron chi connectivity index (χ0n) is 16.0. The lowest BCUT2D eigenvalue weighted by atomic mass is 9.88. The summed E-state index contributed by atoms with van der Waals surface area (Å²) in [7, 11) is -3.58. The Morgan fingerprint density at radius 2 is 1.81 bits per heavy atom. The van der Waals surface area contributed by atoms with E-state index in [1.807, 2.05) is 38.1 Å². The van der Waals surface area contributed by atoms with Gasteiger partial charge < -0.3 is 5.32 Å². The van der Waals surface area contributed by atoms with E-state index in [9.17, 15) is 13.2 Å². The summed E-state index contributed by atoms with van der Waals surface area (Å²) in [5.41, 5.74) is 4.83. The lowest BCUT2D eigenvalue weighted by Crippen LogP contribution is -2.42. The van der Waals surface area contributed by atoms with Crippen LogP contribution in [0.2, 0.25) is 0 Å². The summed E-state index contributed by atoms with van der Waals surface area (Å²) in [4.78, 5) is 12.7. The van der Waals surface area contributed by atoms with Crippen LogP contribution in [0.3, 0.4) is 0 Å². The first-order valence-corrected chi connectivity index (χ1v) is 11.0. The maximum absolute atomic E-state index is 12.7. The summed E-state index contributed by atoms with van der Waals surface area (Å²) in [5.74, 6) is -0.290. The minimum Gasteiger partial charge on any atom is -0.348 e. The number of nitrogens with one attached hydrogen (secondary N) is 1. The molecule has 1 atom stereocenters. The number of benzene rings is 2. The maximum Gasteiger partial charge on any atom is 0.241 e. The molecule has 2 aromatic rings. The van der Waals surface area contributed by atoms with Gasteiger partial charge in [0.15, 0.2) is 0 Å². The number of aryl methyl sites for hydroxylation is 3. The number of amides is 1. The van der Waals surface area contributed by atoms with Crippen LogP contribution < -0.4 is 9.62 Å². The standard InChI is InChI=1S/C21H26N2O3S/c1-15-11-16(2)13-18(12-15)23(27(3,25)26)14-21(24)22-20-10-6-8-17-7-4-5-9-19(17)20/h4-5,7,9,11-13,20H,6,8,10,14H2,1-3H3,(H,22,24)/t20-/m0/s1. The number of hydrogen-bond donors (Lipinski definition) is 1. The topological polar surface area (TPSA) is 66.5 Å². The Kier molecular flexibility index (Phi) is 5.56. The van der Waals surface area contributed by atoms with Gasteiger partial charge in [0.25, 0.3) is 0 Å². The minimum atomic E-state index is -3.58. The molecule has 5 nitrogen and oxygen atoms in total. The fraction of sp³-hybridized carbons (Fsp3) is 0.381. The Morgan fingerprint density at radius 1 is 1.15 bits per heavy atom. The number of hydrogen-bond acceptors (Lipinski definition) is 3. The van der Waals surface area contributed by atoms with Crippen molar-refractivity contribution in [2.24, 2.45) is 0 Å². The normalized spacial score (nSPS) is 16.5. The number of nitrogens with zero attached hydrogens (tertiary/aromatic N) is 1. The number of rotatable bonds is 5. The second kappa shape index (κ2) is 7.72. The molecular formula is C21H26N2O3S. The monoisotopic (exact) mass is 386 g/mol. The molecular weight excluding hydrogens is 360 g/mol. The molecule has 6 heteroatoms. The lowest BCUT2D eigenvalue weighted by Gasteiger charge is -2.28. The third-order valence-corrected chi connectivity index (χ3v) is 6.03. The Hall–Kier alpha value is -2.34. The molecule has 0 saturated carbocycles. The molecule has 1 amide bonds. The highest BCUT2D eigenvalue weighted by molar-refractivity contribution is 7.92. The molecule has 144 valence electrons. The third-order valence-electron chi connectivity index (χ3n) is 4.89. The van der Waals surface area contributed by atoms with Gasteiger partial charge in [0.05, 0.1) is 18.0 Å². The molecule has 2 aromatic carbocycles. The smallest absolute Gasteiger partial charge is 0.241 e. The number of anilines is 1. The second-order valence-electron chi connectivity index (χ2n) is 7.33. The van der Waals surface area contributed by atoms with Crippen LogP contribution in [-0.2, 0) is 21.2 Å². The van der Waals surface area contributed by atoms with E-state index in [1.54, 1.807) is 12.1 Å². The number of sulfonamides is 1. The molecule has 0 radical (unpaired) electrons. The molecule has 1 aliphatic carbocycles. The molecule has 0 bridgehead atoms. The molecule has 27 heavy (non-hydrogen) atoms. The number of carbonyl (C=O) groups is 1. The summed E-state index contributed by atoms with van der Waals surface area (Å²) >= 11 is 0. The van der Waals surface area contributed by atoms with E-state index in [0.29, 0.717) is 5.69 Å². The molecule has 0 aliphatic heterocycles. The van der Waals surface area contributed by atoms with Gasteiger partial charge in [0, 0.05) is 0 Å². The van der Waals surface area contributed by atoms with Crippen LogP contribution in [0.4, 0.5) is 5.69 Å². The van der Waals surface area contributed by atoms with E-state index in [4.69, 9.17) is 0 Å². The van der Waals surface area contributed by atoms with Crippen molar-refractivity contribution in [1.82, 2.24) is 5.32 Å². The second-order valence-corrected chi connectivity index (χ2v) is 9.23. The van der Waals surface area contributed by atoms with Gasteiger partial charge in [-0.3, -0.25) is 9.10 Å². The summed E-state index contributed by atoms with van der Waals surface area (Å²) < 4.78 is 25.8. The SMILES string of the molecule is Cc1cc(C)cc(N(CC(=O)N[C@H]2CCCc3ccccc32)S(C)(=O)=O)c1. The van der Waals surface area contributed by atoms with Crippen LogP contribution in [0.5, 0.6) is 0 Å². The van der Waals surface area contributed by atoms with Gasteiger partial charge in [-0.25, -0.2) is 8.42 Å².